The standard InChI is InChI=1S/C35H27N3/c36-24-25-20-22-29(23-21-25)38-35-31-19-11-10-18-30(31)34(37-28-16-8-3-9-17-28)32(26-12-4-1-5-13-26)33(35)27-14-6-2-7-15-27/h1-24,36-38H. The van der Waals surface area contributed by atoms with Gasteiger partial charge >= 0.3 is 0 Å². The zero-order valence-electron chi connectivity index (χ0n) is 20.9. The van der Waals surface area contributed by atoms with Crippen molar-refractivity contribution in [3.63, 3.8) is 0 Å². The van der Waals surface area contributed by atoms with Gasteiger partial charge in [0.05, 0.1) is 11.4 Å². The Morgan fingerprint density at radius 3 is 1.26 bits per heavy atom. The zero-order valence-corrected chi connectivity index (χ0v) is 20.9. The summed E-state index contributed by atoms with van der Waals surface area (Å²) in [5.74, 6) is 0. The van der Waals surface area contributed by atoms with Crippen molar-refractivity contribution in [1.82, 2.24) is 0 Å². The molecule has 0 radical (unpaired) electrons. The predicted octanol–water partition coefficient (Wildman–Crippen LogP) is 9.66. The Labute approximate surface area is 222 Å². The van der Waals surface area contributed by atoms with Gasteiger partial charge in [-0.15, -0.1) is 0 Å². The smallest absolute Gasteiger partial charge is 0.0551 e. The summed E-state index contributed by atoms with van der Waals surface area (Å²) in [5.41, 5.74) is 9.54. The Kier molecular flexibility index (Phi) is 6.40. The first-order valence-corrected chi connectivity index (χ1v) is 12.7. The predicted molar refractivity (Wildman–Crippen MR) is 162 cm³/mol. The first-order valence-electron chi connectivity index (χ1n) is 12.7. The Hall–Kier alpha value is -5.15. The fourth-order valence-corrected chi connectivity index (χ4v) is 4.96. The molecule has 0 aromatic heterocycles. The molecule has 0 atom stereocenters. The number of para-hydroxylation sites is 1. The van der Waals surface area contributed by atoms with Crippen LogP contribution >= 0.6 is 0 Å². The monoisotopic (exact) mass is 489 g/mol. The van der Waals surface area contributed by atoms with Crippen LogP contribution in [-0.2, 0) is 0 Å². The molecule has 0 bridgehead atoms. The van der Waals surface area contributed by atoms with Gasteiger partial charge < -0.3 is 16.0 Å². The van der Waals surface area contributed by atoms with Gasteiger partial charge in [0.15, 0.2) is 0 Å². The molecule has 0 saturated carbocycles. The average molecular weight is 490 g/mol. The molecule has 182 valence electrons. The van der Waals surface area contributed by atoms with Gasteiger partial charge in [-0.05, 0) is 41.0 Å². The summed E-state index contributed by atoms with van der Waals surface area (Å²) in [6.07, 6.45) is 1.37. The second-order valence-corrected chi connectivity index (χ2v) is 9.16. The normalized spacial score (nSPS) is 10.7. The van der Waals surface area contributed by atoms with Crippen molar-refractivity contribution in [2.75, 3.05) is 10.6 Å². The molecular weight excluding hydrogens is 462 g/mol. The maximum Gasteiger partial charge on any atom is 0.0551 e. The SMILES string of the molecule is N=Cc1ccc(Nc2c(-c3ccccc3)c(-c3ccccc3)c(Nc3ccccc3)c3ccccc23)cc1. The van der Waals surface area contributed by atoms with E-state index in [0.717, 1.165) is 61.3 Å². The van der Waals surface area contributed by atoms with E-state index >= 15 is 0 Å². The Balaban J connectivity index is 1.71. The van der Waals surface area contributed by atoms with Crippen LogP contribution in [0, 0.1) is 5.41 Å². The lowest BCUT2D eigenvalue weighted by Crippen LogP contribution is -2.02. The van der Waals surface area contributed by atoms with E-state index in [1.165, 1.54) is 6.21 Å². The first kappa shape index (κ1) is 23.3. The average Bonchev–Trinajstić information content (AvgIpc) is 3.00. The molecule has 6 aromatic rings. The van der Waals surface area contributed by atoms with Crippen LogP contribution < -0.4 is 10.6 Å². The molecule has 0 unspecified atom stereocenters. The van der Waals surface area contributed by atoms with Crippen molar-refractivity contribution in [2.45, 2.75) is 0 Å². The number of hydrogen-bond acceptors (Lipinski definition) is 3. The van der Waals surface area contributed by atoms with E-state index in [0.29, 0.717) is 0 Å². The maximum atomic E-state index is 7.58. The summed E-state index contributed by atoms with van der Waals surface area (Å²) in [7, 11) is 0. The Morgan fingerprint density at radius 1 is 0.421 bits per heavy atom. The van der Waals surface area contributed by atoms with Crippen molar-refractivity contribution in [1.29, 1.82) is 5.41 Å². The fourth-order valence-electron chi connectivity index (χ4n) is 4.96. The lowest BCUT2D eigenvalue weighted by Gasteiger charge is -2.25. The quantitative estimate of drug-likeness (QED) is 0.195. The molecule has 3 N–H and O–H groups in total. The zero-order chi connectivity index (χ0) is 25.7. The first-order chi connectivity index (χ1) is 18.8. The molecule has 3 nitrogen and oxygen atoms in total. The summed E-state index contributed by atoms with van der Waals surface area (Å²) >= 11 is 0. The number of nitrogens with one attached hydrogen (secondary N) is 3. The van der Waals surface area contributed by atoms with E-state index in [1.807, 2.05) is 30.3 Å². The van der Waals surface area contributed by atoms with E-state index in [2.05, 4.69) is 120 Å². The van der Waals surface area contributed by atoms with Crippen molar-refractivity contribution >= 4 is 39.7 Å². The molecule has 6 aromatic carbocycles. The van der Waals surface area contributed by atoms with E-state index < -0.39 is 0 Å². The van der Waals surface area contributed by atoms with Gasteiger partial charge in [-0.2, -0.15) is 0 Å². The van der Waals surface area contributed by atoms with Crippen LogP contribution in [0.25, 0.3) is 33.0 Å². The Morgan fingerprint density at radius 2 is 0.816 bits per heavy atom. The van der Waals surface area contributed by atoms with Crippen LogP contribution in [0.15, 0.2) is 140 Å². The van der Waals surface area contributed by atoms with Crippen LogP contribution in [0.3, 0.4) is 0 Å². The largest absolute Gasteiger partial charge is 0.354 e. The number of anilines is 4. The van der Waals surface area contributed by atoms with Crippen LogP contribution in [-0.4, -0.2) is 6.21 Å². The van der Waals surface area contributed by atoms with Crippen LogP contribution in [0.1, 0.15) is 5.56 Å². The van der Waals surface area contributed by atoms with Gasteiger partial charge in [0, 0.05) is 39.5 Å². The van der Waals surface area contributed by atoms with Crippen molar-refractivity contribution in [3.05, 3.63) is 145 Å². The number of rotatable bonds is 7. The molecule has 3 heteroatoms. The van der Waals surface area contributed by atoms with Crippen LogP contribution in [0.5, 0.6) is 0 Å². The summed E-state index contributed by atoms with van der Waals surface area (Å²) < 4.78 is 0. The lowest BCUT2D eigenvalue weighted by atomic mass is 9.87. The molecule has 0 heterocycles. The van der Waals surface area contributed by atoms with E-state index in [9.17, 15) is 0 Å². The minimum absolute atomic E-state index is 0.871. The highest BCUT2D eigenvalue weighted by atomic mass is 14.9. The van der Waals surface area contributed by atoms with Crippen molar-refractivity contribution in [3.8, 4) is 22.3 Å². The summed E-state index contributed by atoms with van der Waals surface area (Å²) in [5, 5.41) is 17.4. The second kappa shape index (κ2) is 10.5. The Bertz CT molecular complexity index is 1690. The highest BCUT2D eigenvalue weighted by Gasteiger charge is 2.22. The number of fused-ring (bicyclic) bond motifs is 1. The minimum atomic E-state index is 0.871. The highest BCUT2D eigenvalue weighted by Crippen LogP contribution is 2.50. The van der Waals surface area contributed by atoms with Gasteiger partial charge in [-0.25, -0.2) is 0 Å². The second-order valence-electron chi connectivity index (χ2n) is 9.16. The molecule has 0 spiro atoms. The van der Waals surface area contributed by atoms with Gasteiger partial charge in [0.25, 0.3) is 0 Å². The molecule has 0 fully saturated rings. The van der Waals surface area contributed by atoms with Crippen LogP contribution in [0.2, 0.25) is 0 Å². The van der Waals surface area contributed by atoms with Gasteiger partial charge in [-0.1, -0.05) is 115 Å². The summed E-state index contributed by atoms with van der Waals surface area (Å²) in [4.78, 5) is 0. The van der Waals surface area contributed by atoms with Gasteiger partial charge in [0.1, 0.15) is 0 Å². The third-order valence-corrected chi connectivity index (χ3v) is 6.73. The maximum absolute atomic E-state index is 7.58. The topological polar surface area (TPSA) is 47.9 Å². The summed E-state index contributed by atoms with van der Waals surface area (Å²) in [6.45, 7) is 0. The fraction of sp³-hybridized carbons (Fsp3) is 0. The lowest BCUT2D eigenvalue weighted by molar-refractivity contribution is 1.51. The van der Waals surface area contributed by atoms with Crippen LogP contribution in [0.4, 0.5) is 22.7 Å². The van der Waals surface area contributed by atoms with E-state index in [-0.39, 0.29) is 0 Å². The number of hydrogen-bond donors (Lipinski definition) is 3. The molecule has 38 heavy (non-hydrogen) atoms. The number of benzene rings is 6. The highest BCUT2D eigenvalue weighted by molar-refractivity contribution is 6.17. The molecule has 0 aliphatic heterocycles. The van der Waals surface area contributed by atoms with Gasteiger partial charge in [0.2, 0.25) is 0 Å². The third-order valence-electron chi connectivity index (χ3n) is 6.73. The van der Waals surface area contributed by atoms with Crippen molar-refractivity contribution < 1.29 is 0 Å². The van der Waals surface area contributed by atoms with E-state index in [1.54, 1.807) is 0 Å². The molecule has 0 aliphatic carbocycles. The van der Waals surface area contributed by atoms with Crippen molar-refractivity contribution in [2.24, 2.45) is 0 Å². The molecule has 0 saturated heterocycles. The summed E-state index contributed by atoms with van der Waals surface area (Å²) in [6, 6.07) is 48.1. The third kappa shape index (κ3) is 4.54. The molecule has 6 rings (SSSR count). The minimum Gasteiger partial charge on any atom is -0.354 e. The van der Waals surface area contributed by atoms with Gasteiger partial charge in [-0.3, -0.25) is 0 Å². The molecule has 0 amide bonds. The molecular formula is C35H27N3. The molecule has 0 aliphatic rings. The van der Waals surface area contributed by atoms with E-state index in [4.69, 9.17) is 5.41 Å².